The number of halogens is 1. The molecule has 0 amide bonds. The van der Waals surface area contributed by atoms with Crippen LogP contribution in [0.15, 0.2) is 41.4 Å². The van der Waals surface area contributed by atoms with Crippen LogP contribution < -0.4 is 10.5 Å². The van der Waals surface area contributed by atoms with Gasteiger partial charge in [-0.25, -0.2) is 8.42 Å². The lowest BCUT2D eigenvalue weighted by Crippen LogP contribution is -2.15. The highest BCUT2D eigenvalue weighted by Gasteiger charge is 2.15. The van der Waals surface area contributed by atoms with Gasteiger partial charge in [0.2, 0.25) is 0 Å². The molecule has 8 heteroatoms. The molecule has 2 aromatic rings. The third kappa shape index (κ3) is 3.69. The van der Waals surface area contributed by atoms with Gasteiger partial charge in [0, 0.05) is 11.2 Å². The fourth-order valence-corrected chi connectivity index (χ4v) is 2.85. The molecule has 1 aromatic carbocycles. The number of thiocarbonyl (C=S) groups is 1. The molecule has 0 saturated heterocycles. The molecule has 5 nitrogen and oxygen atoms in total. The highest BCUT2D eigenvalue weighted by atomic mass is 35.5. The van der Waals surface area contributed by atoms with Gasteiger partial charge in [-0.3, -0.25) is 9.71 Å². The number of aromatic nitrogens is 1. The number of pyridine rings is 1. The molecule has 21 heavy (non-hydrogen) atoms. The van der Waals surface area contributed by atoms with E-state index in [1.165, 1.54) is 18.3 Å². The molecule has 2 rings (SSSR count). The zero-order chi connectivity index (χ0) is 15.6. The van der Waals surface area contributed by atoms with Crippen molar-refractivity contribution in [3.63, 3.8) is 0 Å². The number of benzene rings is 1. The summed E-state index contributed by atoms with van der Waals surface area (Å²) in [5.41, 5.74) is 7.02. The average Bonchev–Trinajstić information content (AvgIpc) is 2.43. The second-order valence-electron chi connectivity index (χ2n) is 4.31. The van der Waals surface area contributed by atoms with Crippen LogP contribution in [0, 0.1) is 6.92 Å². The highest BCUT2D eigenvalue weighted by molar-refractivity contribution is 7.92. The fraction of sp³-hybridized carbons (Fsp3) is 0.0769. The van der Waals surface area contributed by atoms with Gasteiger partial charge < -0.3 is 5.73 Å². The van der Waals surface area contributed by atoms with Crippen molar-refractivity contribution in [2.75, 3.05) is 4.72 Å². The second kappa shape index (κ2) is 5.97. The summed E-state index contributed by atoms with van der Waals surface area (Å²) < 4.78 is 26.9. The van der Waals surface area contributed by atoms with Gasteiger partial charge >= 0.3 is 0 Å². The molecule has 0 fully saturated rings. The summed E-state index contributed by atoms with van der Waals surface area (Å²) in [5.74, 6) is 0. The van der Waals surface area contributed by atoms with Gasteiger partial charge in [-0.05, 0) is 36.8 Å². The van der Waals surface area contributed by atoms with E-state index in [-0.39, 0.29) is 9.88 Å². The maximum absolute atomic E-state index is 12.2. The normalized spacial score (nSPS) is 11.1. The molecule has 1 aromatic heterocycles. The first-order valence-electron chi connectivity index (χ1n) is 5.84. The number of hydrogen-bond acceptors (Lipinski definition) is 4. The number of hydrogen-bond donors (Lipinski definition) is 2. The van der Waals surface area contributed by atoms with Gasteiger partial charge in [0.25, 0.3) is 10.0 Å². The number of anilines is 1. The van der Waals surface area contributed by atoms with E-state index in [2.05, 4.69) is 9.71 Å². The number of nitrogens with two attached hydrogens (primary N) is 1. The zero-order valence-corrected chi connectivity index (χ0v) is 13.4. The molecule has 0 bridgehead atoms. The van der Waals surface area contributed by atoms with E-state index in [0.717, 1.165) is 5.56 Å². The molecule has 1 heterocycles. The van der Waals surface area contributed by atoms with Crippen molar-refractivity contribution in [1.82, 2.24) is 4.98 Å². The van der Waals surface area contributed by atoms with Crippen LogP contribution in [0.4, 0.5) is 5.69 Å². The van der Waals surface area contributed by atoms with Gasteiger partial charge in [-0.1, -0.05) is 29.9 Å². The van der Waals surface area contributed by atoms with E-state index in [1.807, 2.05) is 6.92 Å². The fourth-order valence-electron chi connectivity index (χ4n) is 1.56. The molecule has 0 aliphatic rings. The minimum Gasteiger partial charge on any atom is -0.388 e. The van der Waals surface area contributed by atoms with Gasteiger partial charge in [0.15, 0.2) is 0 Å². The Bertz CT molecular complexity index is 790. The highest BCUT2D eigenvalue weighted by Crippen LogP contribution is 2.22. The summed E-state index contributed by atoms with van der Waals surface area (Å²) in [4.78, 5) is 4.03. The number of sulfonamides is 1. The summed E-state index contributed by atoms with van der Waals surface area (Å²) in [7, 11) is -3.74. The molecule has 0 aliphatic heterocycles. The first kappa shape index (κ1) is 15.7. The lowest BCUT2D eigenvalue weighted by molar-refractivity contribution is 0.601. The van der Waals surface area contributed by atoms with Gasteiger partial charge in [-0.15, -0.1) is 0 Å². The Morgan fingerprint density at radius 3 is 2.57 bits per heavy atom. The Morgan fingerprint density at radius 2 is 2.05 bits per heavy atom. The van der Waals surface area contributed by atoms with Crippen LogP contribution in [0.5, 0.6) is 0 Å². The Morgan fingerprint density at radius 1 is 1.33 bits per heavy atom. The zero-order valence-electron chi connectivity index (χ0n) is 11.0. The summed E-state index contributed by atoms with van der Waals surface area (Å²) in [5, 5.41) is 0.483. The van der Waals surface area contributed by atoms with Crippen molar-refractivity contribution in [2.45, 2.75) is 11.8 Å². The standard InChI is InChI=1S/C13H12ClN3O2S2/c1-8-2-3-9(6-11(8)14)17-21(18,19)10-4-5-12(13(15)20)16-7-10/h2-7,17H,1H3,(H2,15,20). The Balaban J connectivity index is 2.29. The van der Waals surface area contributed by atoms with Gasteiger partial charge in [-0.2, -0.15) is 0 Å². The van der Waals surface area contributed by atoms with E-state index in [4.69, 9.17) is 29.6 Å². The van der Waals surface area contributed by atoms with Crippen LogP contribution >= 0.6 is 23.8 Å². The van der Waals surface area contributed by atoms with Crippen molar-refractivity contribution in [2.24, 2.45) is 5.73 Å². The molecule has 0 unspecified atom stereocenters. The molecular formula is C13H12ClN3O2S2. The monoisotopic (exact) mass is 341 g/mol. The Labute approximate surface area is 133 Å². The van der Waals surface area contributed by atoms with Crippen molar-refractivity contribution in [1.29, 1.82) is 0 Å². The third-order valence-corrected chi connectivity index (χ3v) is 4.71. The lowest BCUT2D eigenvalue weighted by Gasteiger charge is -2.09. The van der Waals surface area contributed by atoms with Crippen molar-refractivity contribution in [3.8, 4) is 0 Å². The molecule has 0 spiro atoms. The number of nitrogens with one attached hydrogen (secondary N) is 1. The lowest BCUT2D eigenvalue weighted by atomic mass is 10.2. The van der Waals surface area contributed by atoms with Gasteiger partial charge in [0.1, 0.15) is 9.88 Å². The Kier molecular flexibility index (Phi) is 4.46. The van der Waals surface area contributed by atoms with Crippen LogP contribution in [0.3, 0.4) is 0 Å². The number of rotatable bonds is 4. The van der Waals surface area contributed by atoms with Crippen LogP contribution in [-0.4, -0.2) is 18.4 Å². The van der Waals surface area contributed by atoms with Crippen molar-refractivity contribution < 1.29 is 8.42 Å². The van der Waals surface area contributed by atoms with Crippen LogP contribution in [0.25, 0.3) is 0 Å². The Hall–Kier alpha value is -1.70. The van der Waals surface area contributed by atoms with Crippen molar-refractivity contribution in [3.05, 3.63) is 52.8 Å². The van der Waals surface area contributed by atoms with E-state index in [0.29, 0.717) is 16.4 Å². The molecule has 0 saturated carbocycles. The minimum atomic E-state index is -3.74. The van der Waals surface area contributed by atoms with E-state index in [9.17, 15) is 8.42 Å². The summed E-state index contributed by atoms with van der Waals surface area (Å²) in [6.07, 6.45) is 1.20. The molecule has 0 aliphatic carbocycles. The smallest absolute Gasteiger partial charge is 0.263 e. The van der Waals surface area contributed by atoms with Crippen molar-refractivity contribution >= 4 is 44.5 Å². The van der Waals surface area contributed by atoms with E-state index >= 15 is 0 Å². The number of nitrogens with zero attached hydrogens (tertiary/aromatic N) is 1. The van der Waals surface area contributed by atoms with Gasteiger partial charge in [0.05, 0.1) is 11.4 Å². The minimum absolute atomic E-state index is 0.0131. The molecular weight excluding hydrogens is 330 g/mol. The molecule has 0 atom stereocenters. The van der Waals surface area contributed by atoms with Crippen LogP contribution in [0.2, 0.25) is 5.02 Å². The SMILES string of the molecule is Cc1ccc(NS(=O)(=O)c2ccc(C(N)=S)nc2)cc1Cl. The first-order chi connectivity index (χ1) is 9.79. The predicted molar refractivity (Wildman–Crippen MR) is 87.1 cm³/mol. The first-order valence-corrected chi connectivity index (χ1v) is 8.11. The quantitative estimate of drug-likeness (QED) is 0.834. The average molecular weight is 342 g/mol. The maximum atomic E-state index is 12.2. The van der Waals surface area contributed by atoms with Crippen LogP contribution in [-0.2, 0) is 10.0 Å². The predicted octanol–water partition coefficient (Wildman–Crippen LogP) is 2.48. The van der Waals surface area contributed by atoms with Crippen LogP contribution in [0.1, 0.15) is 11.3 Å². The summed E-state index contributed by atoms with van der Waals surface area (Å²) in [6.45, 7) is 1.83. The largest absolute Gasteiger partial charge is 0.388 e. The second-order valence-corrected chi connectivity index (χ2v) is 6.84. The van der Waals surface area contributed by atoms with E-state index < -0.39 is 10.0 Å². The maximum Gasteiger partial charge on any atom is 0.263 e. The topological polar surface area (TPSA) is 85.1 Å². The number of aryl methyl sites for hydroxylation is 1. The third-order valence-electron chi connectivity index (χ3n) is 2.72. The summed E-state index contributed by atoms with van der Waals surface area (Å²) >= 11 is 10.7. The molecule has 0 radical (unpaired) electrons. The van der Waals surface area contributed by atoms with E-state index in [1.54, 1.807) is 18.2 Å². The molecule has 110 valence electrons. The molecule has 3 N–H and O–H groups in total. The summed E-state index contributed by atoms with van der Waals surface area (Å²) in [6, 6.07) is 7.76.